The summed E-state index contributed by atoms with van der Waals surface area (Å²) in [4.78, 5) is 11.3. The average Bonchev–Trinajstić information content (AvgIpc) is 2.57. The number of nitrogens with one attached hydrogen (secondary N) is 1. The van der Waals surface area contributed by atoms with Gasteiger partial charge in [0.15, 0.2) is 0 Å². The van der Waals surface area contributed by atoms with Crippen molar-refractivity contribution in [3.63, 3.8) is 0 Å². The van der Waals surface area contributed by atoms with E-state index in [-0.39, 0.29) is 17.4 Å². The predicted molar refractivity (Wildman–Crippen MR) is 49.9 cm³/mol. The minimum absolute atomic E-state index is 0.0336. The Labute approximate surface area is 77.0 Å². The molecule has 2 nitrogen and oxygen atoms in total. The third-order valence-corrected chi connectivity index (χ3v) is 3.33. The number of carbonyl (C=O) groups excluding carboxylic acids is 1. The van der Waals surface area contributed by atoms with Crippen molar-refractivity contribution in [3.8, 4) is 0 Å². The summed E-state index contributed by atoms with van der Waals surface area (Å²) in [6, 6.07) is 0.228. The van der Waals surface area contributed by atoms with E-state index in [1.165, 1.54) is 0 Å². The van der Waals surface area contributed by atoms with Crippen LogP contribution in [0.25, 0.3) is 0 Å². The summed E-state index contributed by atoms with van der Waals surface area (Å²) in [5, 5.41) is 2.99. The van der Waals surface area contributed by atoms with Gasteiger partial charge in [0.1, 0.15) is 0 Å². The van der Waals surface area contributed by atoms with Gasteiger partial charge in [-0.25, -0.2) is 0 Å². The van der Waals surface area contributed by atoms with Gasteiger partial charge in [0, 0.05) is 17.8 Å². The minimum Gasteiger partial charge on any atom is -0.349 e. The van der Waals surface area contributed by atoms with Crippen LogP contribution in [0.2, 0.25) is 0 Å². The topological polar surface area (TPSA) is 29.1 Å². The van der Waals surface area contributed by atoms with Gasteiger partial charge in [0.25, 0.3) is 0 Å². The molecule has 3 rings (SSSR count). The monoisotopic (exact) mass is 173 g/mol. The molecule has 2 heteroatoms. The van der Waals surface area contributed by atoms with E-state index in [0.29, 0.717) is 12.3 Å². The number of rotatable bonds is 0. The number of hydrogen-bond donors (Lipinski definition) is 1. The maximum Gasteiger partial charge on any atom is 0.221 e. The zero-order chi connectivity index (χ0) is 8.89. The van der Waals surface area contributed by atoms with Gasteiger partial charge >= 0.3 is 0 Å². The molecule has 1 amide bonds. The number of hydrogen-bond acceptors (Lipinski definition) is 1. The molecule has 3 aliphatic rings. The second kappa shape index (κ2) is 2.13. The predicted octanol–water partition coefficient (Wildman–Crippen LogP) is 1.17. The van der Waals surface area contributed by atoms with Gasteiger partial charge in [-0.1, -0.05) is 36.5 Å². The normalized spacial score (nSPS) is 44.8. The molecule has 1 aliphatic heterocycles. The lowest BCUT2D eigenvalue weighted by Crippen LogP contribution is -2.35. The molecule has 13 heavy (non-hydrogen) atoms. The fourth-order valence-electron chi connectivity index (χ4n) is 2.64. The van der Waals surface area contributed by atoms with E-state index in [1.807, 2.05) is 0 Å². The van der Waals surface area contributed by atoms with Crippen LogP contribution >= 0.6 is 0 Å². The van der Waals surface area contributed by atoms with E-state index < -0.39 is 0 Å². The highest BCUT2D eigenvalue weighted by Gasteiger charge is 2.51. The number of carbonyl (C=O) groups is 1. The van der Waals surface area contributed by atoms with Crippen molar-refractivity contribution in [1.82, 2.24) is 5.32 Å². The molecule has 3 atom stereocenters. The fourth-order valence-corrected chi connectivity index (χ4v) is 2.64. The molecule has 1 spiro atoms. The molecule has 1 saturated heterocycles. The molecule has 1 heterocycles. The quantitative estimate of drug-likeness (QED) is 0.547. The Balaban J connectivity index is 2.09. The summed E-state index contributed by atoms with van der Waals surface area (Å²) in [5.74, 6) is 0.598. The van der Waals surface area contributed by atoms with E-state index in [9.17, 15) is 4.79 Å². The van der Waals surface area contributed by atoms with Gasteiger partial charge in [0.2, 0.25) is 5.91 Å². The standard InChI is InChI=1S/C11H11NO/c13-10-7-11-6-2-1-3-8(11)4-5-9(11)12-10/h1-6,8-9H,7H2,(H,12,13)/t8-,9-,11+/m0/s1. The Hall–Kier alpha value is -1.31. The van der Waals surface area contributed by atoms with Crippen molar-refractivity contribution in [3.05, 3.63) is 36.5 Å². The summed E-state index contributed by atoms with van der Waals surface area (Å²) in [6.07, 6.45) is 13.4. The second-order valence-electron chi connectivity index (χ2n) is 3.99. The highest BCUT2D eigenvalue weighted by molar-refractivity contribution is 5.82. The first-order chi connectivity index (χ1) is 6.31. The summed E-state index contributed by atoms with van der Waals surface area (Å²) in [6.45, 7) is 0. The van der Waals surface area contributed by atoms with Crippen molar-refractivity contribution in [1.29, 1.82) is 0 Å². The molecule has 0 radical (unpaired) electrons. The lowest BCUT2D eigenvalue weighted by Gasteiger charge is -2.31. The van der Waals surface area contributed by atoms with Gasteiger partial charge in [-0.15, -0.1) is 0 Å². The zero-order valence-corrected chi connectivity index (χ0v) is 7.23. The van der Waals surface area contributed by atoms with Crippen LogP contribution < -0.4 is 5.32 Å². The van der Waals surface area contributed by atoms with Crippen molar-refractivity contribution in [2.24, 2.45) is 11.3 Å². The molecule has 0 bridgehead atoms. The first kappa shape index (κ1) is 7.13. The van der Waals surface area contributed by atoms with Crippen molar-refractivity contribution in [2.75, 3.05) is 0 Å². The van der Waals surface area contributed by atoms with E-state index in [4.69, 9.17) is 0 Å². The maximum atomic E-state index is 11.3. The molecule has 0 aromatic heterocycles. The maximum absolute atomic E-state index is 11.3. The minimum atomic E-state index is 0.0336. The molecule has 1 N–H and O–H groups in total. The Kier molecular flexibility index (Phi) is 1.17. The van der Waals surface area contributed by atoms with Crippen molar-refractivity contribution >= 4 is 5.91 Å². The molecule has 1 fully saturated rings. The molecular weight excluding hydrogens is 162 g/mol. The smallest absolute Gasteiger partial charge is 0.221 e. The zero-order valence-electron chi connectivity index (χ0n) is 7.23. The number of amides is 1. The van der Waals surface area contributed by atoms with Gasteiger partial charge < -0.3 is 5.32 Å². The molecule has 66 valence electrons. The summed E-state index contributed by atoms with van der Waals surface area (Å²) >= 11 is 0. The highest BCUT2D eigenvalue weighted by Crippen LogP contribution is 2.48. The van der Waals surface area contributed by atoms with Crippen LogP contribution in [0.1, 0.15) is 6.42 Å². The molecular formula is C11H11NO. The van der Waals surface area contributed by atoms with Crippen LogP contribution in [-0.4, -0.2) is 11.9 Å². The Morgan fingerprint density at radius 2 is 2.23 bits per heavy atom. The molecule has 0 aromatic rings. The lowest BCUT2D eigenvalue weighted by molar-refractivity contribution is -0.119. The Morgan fingerprint density at radius 3 is 3.15 bits per heavy atom. The summed E-state index contributed by atoms with van der Waals surface area (Å²) in [7, 11) is 0. The molecule has 2 aliphatic carbocycles. The highest BCUT2D eigenvalue weighted by atomic mass is 16.2. The molecule has 0 saturated carbocycles. The Bertz CT molecular complexity index is 353. The third kappa shape index (κ3) is 0.755. The van der Waals surface area contributed by atoms with Gasteiger partial charge in [-0.05, 0) is 0 Å². The van der Waals surface area contributed by atoms with Gasteiger partial charge in [-0.2, -0.15) is 0 Å². The van der Waals surface area contributed by atoms with E-state index >= 15 is 0 Å². The van der Waals surface area contributed by atoms with E-state index in [1.54, 1.807) is 0 Å². The van der Waals surface area contributed by atoms with E-state index in [2.05, 4.69) is 41.8 Å². The van der Waals surface area contributed by atoms with Crippen LogP contribution in [0.15, 0.2) is 36.5 Å². The van der Waals surface area contributed by atoms with Gasteiger partial charge in [0.05, 0.1) is 6.04 Å². The van der Waals surface area contributed by atoms with Crippen LogP contribution in [0, 0.1) is 11.3 Å². The van der Waals surface area contributed by atoms with Crippen molar-refractivity contribution in [2.45, 2.75) is 12.5 Å². The van der Waals surface area contributed by atoms with Gasteiger partial charge in [-0.3, -0.25) is 4.79 Å². The SMILES string of the molecule is O=C1C[C@]23C=CC=C[C@H]2C=C[C@@H]3N1. The van der Waals surface area contributed by atoms with Crippen LogP contribution in [-0.2, 0) is 4.79 Å². The van der Waals surface area contributed by atoms with Crippen molar-refractivity contribution < 1.29 is 4.79 Å². The first-order valence-electron chi connectivity index (χ1n) is 4.65. The Morgan fingerprint density at radius 1 is 1.31 bits per heavy atom. The van der Waals surface area contributed by atoms with Crippen LogP contribution in [0.4, 0.5) is 0 Å². The summed E-state index contributed by atoms with van der Waals surface area (Å²) < 4.78 is 0. The van der Waals surface area contributed by atoms with E-state index in [0.717, 1.165) is 0 Å². The number of allylic oxidation sites excluding steroid dienone is 4. The first-order valence-corrected chi connectivity index (χ1v) is 4.65. The van der Waals surface area contributed by atoms with Crippen LogP contribution in [0.5, 0.6) is 0 Å². The van der Waals surface area contributed by atoms with Crippen LogP contribution in [0.3, 0.4) is 0 Å². The fraction of sp³-hybridized carbons (Fsp3) is 0.364. The molecule has 0 unspecified atom stereocenters. The lowest BCUT2D eigenvalue weighted by atomic mass is 9.72. The second-order valence-corrected chi connectivity index (χ2v) is 3.99. The third-order valence-electron chi connectivity index (χ3n) is 3.33. The average molecular weight is 173 g/mol. The summed E-state index contributed by atoms with van der Waals surface area (Å²) in [5.41, 5.74) is 0.0336. The largest absolute Gasteiger partial charge is 0.349 e. The molecule has 0 aromatic carbocycles.